The van der Waals surface area contributed by atoms with E-state index in [0.29, 0.717) is 6.54 Å². The first kappa shape index (κ1) is 17.4. The average molecular weight is 279 g/mol. The van der Waals surface area contributed by atoms with E-state index < -0.39 is 21.6 Å². The summed E-state index contributed by atoms with van der Waals surface area (Å²) in [5.41, 5.74) is -0.183. The summed E-state index contributed by atoms with van der Waals surface area (Å²) in [7, 11) is -3.44. The number of rotatable bonds is 7. The van der Waals surface area contributed by atoms with Gasteiger partial charge in [0.15, 0.2) is 9.84 Å². The third-order valence-corrected chi connectivity index (χ3v) is 4.08. The molecule has 0 aliphatic heterocycles. The van der Waals surface area contributed by atoms with Crippen LogP contribution in [0.5, 0.6) is 0 Å². The molecule has 0 aromatic carbocycles. The Bertz CT molecular complexity index is 357. The number of nitrogens with one attached hydrogen (secondary N) is 1. The van der Waals surface area contributed by atoms with Crippen LogP contribution >= 0.6 is 0 Å². The van der Waals surface area contributed by atoms with Gasteiger partial charge in [-0.2, -0.15) is 0 Å². The van der Waals surface area contributed by atoms with Gasteiger partial charge in [0, 0.05) is 6.04 Å². The van der Waals surface area contributed by atoms with Crippen LogP contribution in [0.4, 0.5) is 0 Å². The van der Waals surface area contributed by atoms with Crippen molar-refractivity contribution in [2.24, 2.45) is 5.41 Å². The summed E-state index contributed by atoms with van der Waals surface area (Å²) in [5, 5.41) is 3.15. The van der Waals surface area contributed by atoms with Crippen molar-refractivity contribution in [2.75, 3.05) is 24.7 Å². The molecule has 108 valence electrons. The van der Waals surface area contributed by atoms with E-state index in [9.17, 15) is 13.2 Å². The van der Waals surface area contributed by atoms with Gasteiger partial charge in [0.2, 0.25) is 0 Å². The third kappa shape index (κ3) is 6.96. The quantitative estimate of drug-likeness (QED) is 0.704. The summed E-state index contributed by atoms with van der Waals surface area (Å²) in [6, 6.07) is -0.179. The molecule has 0 aliphatic carbocycles. The Kier molecular flexibility index (Phi) is 6.84. The molecule has 0 aromatic rings. The summed E-state index contributed by atoms with van der Waals surface area (Å²) in [4.78, 5) is 11.2. The molecule has 0 fully saturated rings. The van der Waals surface area contributed by atoms with Crippen LogP contribution in [0.1, 0.15) is 34.6 Å². The van der Waals surface area contributed by atoms with Gasteiger partial charge in [0.25, 0.3) is 0 Å². The Balaban J connectivity index is 4.66. The Morgan fingerprint density at radius 2 is 1.83 bits per heavy atom. The lowest BCUT2D eigenvalue weighted by Gasteiger charge is -2.31. The number of ether oxygens (including phenoxy) is 1. The van der Waals surface area contributed by atoms with Gasteiger partial charge in [0.05, 0.1) is 12.4 Å². The van der Waals surface area contributed by atoms with Gasteiger partial charge in [-0.3, -0.25) is 4.79 Å². The third-order valence-electron chi connectivity index (χ3n) is 2.56. The zero-order valence-corrected chi connectivity index (χ0v) is 12.8. The molecule has 0 rings (SSSR count). The topological polar surface area (TPSA) is 72.5 Å². The molecule has 0 spiro atoms. The highest BCUT2D eigenvalue weighted by atomic mass is 32.2. The minimum absolute atomic E-state index is 0.0524. The van der Waals surface area contributed by atoms with Crippen LogP contribution in [0.3, 0.4) is 0 Å². The van der Waals surface area contributed by atoms with Crippen molar-refractivity contribution in [3.8, 4) is 0 Å². The lowest BCUT2D eigenvalue weighted by atomic mass is 9.88. The maximum atomic E-state index is 11.9. The Morgan fingerprint density at radius 1 is 1.28 bits per heavy atom. The number of hydrogen-bond acceptors (Lipinski definition) is 5. The molecule has 0 amide bonds. The molecule has 0 aromatic heterocycles. The van der Waals surface area contributed by atoms with Crippen LogP contribution in [-0.2, 0) is 19.4 Å². The second kappa shape index (κ2) is 7.09. The van der Waals surface area contributed by atoms with Crippen LogP contribution < -0.4 is 5.32 Å². The number of carbonyl (C=O) groups is 1. The smallest absolute Gasteiger partial charge is 0.321 e. The zero-order chi connectivity index (χ0) is 14.4. The molecule has 1 unspecified atom stereocenters. The maximum Gasteiger partial charge on any atom is 0.321 e. The molecule has 18 heavy (non-hydrogen) atoms. The lowest BCUT2D eigenvalue weighted by Crippen LogP contribution is -2.46. The van der Waals surface area contributed by atoms with Crippen molar-refractivity contribution in [3.05, 3.63) is 0 Å². The van der Waals surface area contributed by atoms with E-state index in [1.807, 2.05) is 27.7 Å². The Labute approximate surface area is 110 Å². The first-order valence-corrected chi connectivity index (χ1v) is 8.04. The number of carbonyl (C=O) groups excluding carboxylic acids is 1. The van der Waals surface area contributed by atoms with E-state index in [4.69, 9.17) is 0 Å². The fourth-order valence-electron chi connectivity index (χ4n) is 1.56. The summed E-state index contributed by atoms with van der Waals surface area (Å²) in [5.74, 6) is -1.27. The van der Waals surface area contributed by atoms with Gasteiger partial charge in [-0.05, 0) is 18.9 Å². The van der Waals surface area contributed by atoms with Crippen molar-refractivity contribution in [1.82, 2.24) is 5.32 Å². The van der Waals surface area contributed by atoms with Crippen LogP contribution in [0, 0.1) is 5.41 Å². The first-order chi connectivity index (χ1) is 8.12. The fourth-order valence-corrected chi connectivity index (χ4v) is 3.24. The lowest BCUT2D eigenvalue weighted by molar-refractivity contribution is -0.139. The van der Waals surface area contributed by atoms with E-state index in [1.54, 1.807) is 6.92 Å². The van der Waals surface area contributed by atoms with Gasteiger partial charge in [-0.25, -0.2) is 8.42 Å². The van der Waals surface area contributed by atoms with Crippen molar-refractivity contribution < 1.29 is 17.9 Å². The molecule has 0 saturated heterocycles. The molecule has 0 bridgehead atoms. The SMILES string of the molecule is CCNC(CS(=O)(=O)CC(=O)OCC)C(C)(C)C. The van der Waals surface area contributed by atoms with E-state index in [2.05, 4.69) is 10.1 Å². The summed E-state index contributed by atoms with van der Waals surface area (Å²) in [6.45, 7) is 10.4. The molecular formula is C12H25NO4S. The van der Waals surface area contributed by atoms with E-state index >= 15 is 0 Å². The molecule has 6 heteroatoms. The minimum Gasteiger partial charge on any atom is -0.465 e. The van der Waals surface area contributed by atoms with E-state index in [-0.39, 0.29) is 23.8 Å². The molecule has 1 N–H and O–H groups in total. The van der Waals surface area contributed by atoms with Gasteiger partial charge in [-0.1, -0.05) is 27.7 Å². The van der Waals surface area contributed by atoms with Crippen LogP contribution in [0.25, 0.3) is 0 Å². The molecule has 0 heterocycles. The largest absolute Gasteiger partial charge is 0.465 e. The molecule has 0 aliphatic rings. The van der Waals surface area contributed by atoms with Crippen LogP contribution in [0.15, 0.2) is 0 Å². The molecule has 5 nitrogen and oxygen atoms in total. The molecule has 0 saturated carbocycles. The standard InChI is InChI=1S/C12H25NO4S/c1-6-13-10(12(3,4)5)8-18(15,16)9-11(14)17-7-2/h10,13H,6-9H2,1-5H3. The monoisotopic (exact) mass is 279 g/mol. The van der Waals surface area contributed by atoms with Crippen molar-refractivity contribution in [1.29, 1.82) is 0 Å². The molecular weight excluding hydrogens is 254 g/mol. The predicted octanol–water partition coefficient (Wildman–Crippen LogP) is 0.988. The van der Waals surface area contributed by atoms with Crippen molar-refractivity contribution >= 4 is 15.8 Å². The zero-order valence-electron chi connectivity index (χ0n) is 11.9. The fraction of sp³-hybridized carbons (Fsp3) is 0.917. The highest BCUT2D eigenvalue weighted by molar-refractivity contribution is 7.92. The summed E-state index contributed by atoms with van der Waals surface area (Å²) in [6.07, 6.45) is 0. The van der Waals surface area contributed by atoms with Gasteiger partial charge < -0.3 is 10.1 Å². The van der Waals surface area contributed by atoms with Gasteiger partial charge >= 0.3 is 5.97 Å². The average Bonchev–Trinajstić information content (AvgIpc) is 2.14. The number of esters is 1. The highest BCUT2D eigenvalue weighted by Crippen LogP contribution is 2.20. The highest BCUT2D eigenvalue weighted by Gasteiger charge is 2.30. The Morgan fingerprint density at radius 3 is 2.22 bits per heavy atom. The van der Waals surface area contributed by atoms with Crippen LogP contribution in [-0.4, -0.2) is 45.1 Å². The maximum absolute atomic E-state index is 11.9. The second-order valence-corrected chi connectivity index (χ2v) is 7.45. The van der Waals surface area contributed by atoms with E-state index in [1.165, 1.54) is 0 Å². The van der Waals surface area contributed by atoms with Crippen LogP contribution in [0.2, 0.25) is 0 Å². The number of hydrogen-bond donors (Lipinski definition) is 1. The summed E-state index contributed by atoms with van der Waals surface area (Å²) < 4.78 is 28.5. The Hall–Kier alpha value is -0.620. The minimum atomic E-state index is -3.44. The normalized spacial score (nSPS) is 14.3. The van der Waals surface area contributed by atoms with Crippen molar-refractivity contribution in [3.63, 3.8) is 0 Å². The van der Waals surface area contributed by atoms with E-state index in [0.717, 1.165) is 0 Å². The van der Waals surface area contributed by atoms with Gasteiger partial charge in [-0.15, -0.1) is 0 Å². The summed E-state index contributed by atoms with van der Waals surface area (Å²) >= 11 is 0. The number of sulfone groups is 1. The predicted molar refractivity (Wildman–Crippen MR) is 72.2 cm³/mol. The van der Waals surface area contributed by atoms with Gasteiger partial charge in [0.1, 0.15) is 5.75 Å². The van der Waals surface area contributed by atoms with Crippen molar-refractivity contribution in [2.45, 2.75) is 40.7 Å². The first-order valence-electron chi connectivity index (χ1n) is 6.21. The second-order valence-electron chi connectivity index (χ2n) is 5.34. The molecule has 0 radical (unpaired) electrons. The molecule has 1 atom stereocenters.